The zero-order valence-corrected chi connectivity index (χ0v) is 12.0. The predicted molar refractivity (Wildman–Crippen MR) is 74.2 cm³/mol. The minimum Gasteiger partial charge on any atom is -0.466 e. The molecule has 1 amide bonds. The largest absolute Gasteiger partial charge is 0.466 e. The van der Waals surface area contributed by atoms with E-state index in [4.69, 9.17) is 16.3 Å². The summed E-state index contributed by atoms with van der Waals surface area (Å²) in [6.45, 7) is 3.95. The van der Waals surface area contributed by atoms with Crippen molar-refractivity contribution in [2.45, 2.75) is 19.8 Å². The summed E-state index contributed by atoms with van der Waals surface area (Å²) < 4.78 is 4.82. The molecule has 0 saturated heterocycles. The molecule has 20 heavy (non-hydrogen) atoms. The lowest BCUT2D eigenvalue weighted by atomic mass is 10.1. The van der Waals surface area contributed by atoms with Gasteiger partial charge in [0.15, 0.2) is 0 Å². The molecule has 2 aromatic heterocycles. The molecule has 0 fully saturated rings. The lowest BCUT2D eigenvalue weighted by Gasteiger charge is -2.08. The number of carbonyl (C=O) groups excluding carboxylic acids is 1. The van der Waals surface area contributed by atoms with Crippen LogP contribution >= 0.6 is 11.6 Å². The highest BCUT2D eigenvalue weighted by Gasteiger charge is 2.13. The summed E-state index contributed by atoms with van der Waals surface area (Å²) in [5, 5.41) is 9.12. The number of H-pyrrole nitrogens is 1. The molecule has 2 aromatic rings. The fourth-order valence-corrected chi connectivity index (χ4v) is 1.73. The Morgan fingerprint density at radius 3 is 2.75 bits per heavy atom. The Balaban J connectivity index is 2.20. The van der Waals surface area contributed by atoms with E-state index in [0.29, 0.717) is 5.56 Å². The number of hydrogen-bond acceptors (Lipinski definition) is 5. The molecule has 0 aliphatic carbocycles. The number of anilines is 1. The first-order chi connectivity index (χ1) is 9.49. The van der Waals surface area contributed by atoms with Gasteiger partial charge in [-0.05, 0) is 18.1 Å². The van der Waals surface area contributed by atoms with Gasteiger partial charge in [0.1, 0.15) is 5.15 Å². The molecule has 8 heteroatoms. The van der Waals surface area contributed by atoms with Crippen LogP contribution in [0.3, 0.4) is 0 Å². The zero-order chi connectivity index (χ0) is 14.7. The van der Waals surface area contributed by atoms with Crippen LogP contribution in [0.4, 0.5) is 5.95 Å². The number of nitrogens with one attached hydrogen (secondary N) is 2. The van der Waals surface area contributed by atoms with Crippen LogP contribution in [0.15, 0.2) is 12.1 Å². The SMILES string of the molecule is COc1n[nH]c(NC(=O)c2cc(Cl)nc(C(C)C)c2)n1. The fraction of sp³-hybridized carbons (Fsp3) is 0.333. The molecule has 0 unspecified atom stereocenters. The number of nitrogens with zero attached hydrogens (tertiary/aromatic N) is 3. The maximum absolute atomic E-state index is 12.1. The molecule has 0 spiro atoms. The second-order valence-corrected chi connectivity index (χ2v) is 4.77. The first kappa shape index (κ1) is 14.3. The van der Waals surface area contributed by atoms with E-state index >= 15 is 0 Å². The number of aromatic amines is 1. The van der Waals surface area contributed by atoms with Crippen LogP contribution in [0, 0.1) is 0 Å². The Morgan fingerprint density at radius 1 is 1.40 bits per heavy atom. The van der Waals surface area contributed by atoms with Crippen molar-refractivity contribution >= 4 is 23.5 Å². The van der Waals surface area contributed by atoms with Crippen molar-refractivity contribution in [1.82, 2.24) is 20.2 Å². The van der Waals surface area contributed by atoms with Crippen molar-refractivity contribution in [3.8, 4) is 6.01 Å². The van der Waals surface area contributed by atoms with Gasteiger partial charge in [0.25, 0.3) is 5.91 Å². The van der Waals surface area contributed by atoms with Crippen LogP contribution in [-0.4, -0.2) is 33.2 Å². The van der Waals surface area contributed by atoms with Crippen molar-refractivity contribution in [3.05, 3.63) is 28.5 Å². The summed E-state index contributed by atoms with van der Waals surface area (Å²) >= 11 is 5.92. The minimum absolute atomic E-state index is 0.149. The third-order valence-corrected chi connectivity index (χ3v) is 2.74. The first-order valence-electron chi connectivity index (χ1n) is 5.95. The molecular weight excluding hydrogens is 282 g/mol. The number of aromatic nitrogens is 4. The van der Waals surface area contributed by atoms with E-state index in [9.17, 15) is 4.79 Å². The number of halogens is 1. The summed E-state index contributed by atoms with van der Waals surface area (Å²) in [7, 11) is 1.44. The van der Waals surface area contributed by atoms with Gasteiger partial charge in [-0.25, -0.2) is 10.1 Å². The van der Waals surface area contributed by atoms with Crippen molar-refractivity contribution in [3.63, 3.8) is 0 Å². The average Bonchev–Trinajstić information content (AvgIpc) is 2.85. The summed E-state index contributed by atoms with van der Waals surface area (Å²) in [4.78, 5) is 20.2. The number of hydrogen-bond donors (Lipinski definition) is 2. The van der Waals surface area contributed by atoms with Crippen LogP contribution in [0.1, 0.15) is 35.8 Å². The molecule has 2 heterocycles. The normalized spacial score (nSPS) is 10.7. The standard InChI is InChI=1S/C12H14ClN5O2/c1-6(2)8-4-7(5-9(13)14-8)10(19)15-11-16-12(20-3)18-17-11/h4-6H,1-3H3,(H2,15,16,17,18,19). The maximum atomic E-state index is 12.1. The monoisotopic (exact) mass is 295 g/mol. The average molecular weight is 296 g/mol. The molecular formula is C12H14ClN5O2. The summed E-state index contributed by atoms with van der Waals surface area (Å²) in [5.41, 5.74) is 1.15. The van der Waals surface area contributed by atoms with Gasteiger partial charge < -0.3 is 4.74 Å². The summed E-state index contributed by atoms with van der Waals surface area (Å²) in [6.07, 6.45) is 0. The number of carbonyl (C=O) groups is 1. The molecule has 0 bridgehead atoms. The van der Waals surface area contributed by atoms with Crippen molar-refractivity contribution in [2.75, 3.05) is 12.4 Å². The van der Waals surface area contributed by atoms with Crippen LogP contribution in [0.2, 0.25) is 5.15 Å². The molecule has 2 N–H and O–H groups in total. The van der Waals surface area contributed by atoms with E-state index in [2.05, 4.69) is 25.5 Å². The summed E-state index contributed by atoms with van der Waals surface area (Å²) in [5.74, 6) is 0.0199. The van der Waals surface area contributed by atoms with E-state index in [0.717, 1.165) is 5.69 Å². The van der Waals surface area contributed by atoms with Gasteiger partial charge in [0.05, 0.1) is 7.11 Å². The van der Waals surface area contributed by atoms with E-state index in [-0.39, 0.29) is 28.9 Å². The third kappa shape index (κ3) is 3.24. The highest BCUT2D eigenvalue weighted by Crippen LogP contribution is 2.18. The maximum Gasteiger partial charge on any atom is 0.336 e. The van der Waals surface area contributed by atoms with Crippen molar-refractivity contribution < 1.29 is 9.53 Å². The quantitative estimate of drug-likeness (QED) is 0.844. The van der Waals surface area contributed by atoms with Gasteiger partial charge in [-0.1, -0.05) is 25.4 Å². The van der Waals surface area contributed by atoms with Crippen molar-refractivity contribution in [2.24, 2.45) is 0 Å². The molecule has 2 rings (SSSR count). The highest BCUT2D eigenvalue weighted by atomic mass is 35.5. The van der Waals surface area contributed by atoms with Gasteiger partial charge in [-0.2, -0.15) is 4.98 Å². The molecule has 0 radical (unpaired) electrons. The van der Waals surface area contributed by atoms with E-state index in [1.54, 1.807) is 6.07 Å². The Bertz CT molecular complexity index is 626. The Morgan fingerprint density at radius 2 is 2.15 bits per heavy atom. The fourth-order valence-electron chi connectivity index (χ4n) is 1.52. The number of amides is 1. The Kier molecular flexibility index (Phi) is 4.19. The van der Waals surface area contributed by atoms with E-state index in [1.165, 1.54) is 13.2 Å². The first-order valence-corrected chi connectivity index (χ1v) is 6.32. The van der Waals surface area contributed by atoms with E-state index in [1.807, 2.05) is 13.8 Å². The third-order valence-electron chi connectivity index (χ3n) is 2.55. The second kappa shape index (κ2) is 5.87. The van der Waals surface area contributed by atoms with Crippen LogP contribution < -0.4 is 10.1 Å². The van der Waals surface area contributed by atoms with Gasteiger partial charge in [-0.15, -0.1) is 5.10 Å². The smallest absolute Gasteiger partial charge is 0.336 e. The van der Waals surface area contributed by atoms with Gasteiger partial charge in [-0.3, -0.25) is 10.1 Å². The van der Waals surface area contributed by atoms with Crippen molar-refractivity contribution in [1.29, 1.82) is 0 Å². The highest BCUT2D eigenvalue weighted by molar-refractivity contribution is 6.29. The number of pyridine rings is 1. The van der Waals surface area contributed by atoms with Crippen LogP contribution in [0.25, 0.3) is 0 Å². The molecule has 106 valence electrons. The van der Waals surface area contributed by atoms with Crippen LogP contribution in [0.5, 0.6) is 6.01 Å². The lowest BCUT2D eigenvalue weighted by molar-refractivity contribution is 0.102. The molecule has 7 nitrogen and oxygen atoms in total. The number of methoxy groups -OCH3 is 1. The van der Waals surface area contributed by atoms with Gasteiger partial charge in [0, 0.05) is 11.3 Å². The summed E-state index contributed by atoms with van der Waals surface area (Å²) in [6, 6.07) is 3.34. The predicted octanol–water partition coefficient (Wildman–Crippen LogP) is 2.24. The molecule has 0 atom stereocenters. The second-order valence-electron chi connectivity index (χ2n) is 4.38. The topological polar surface area (TPSA) is 92.8 Å². The minimum atomic E-state index is -0.352. The van der Waals surface area contributed by atoms with Crippen LogP contribution in [-0.2, 0) is 0 Å². The van der Waals surface area contributed by atoms with Gasteiger partial charge in [0.2, 0.25) is 5.95 Å². The molecule has 0 aromatic carbocycles. The van der Waals surface area contributed by atoms with E-state index < -0.39 is 0 Å². The molecule has 0 aliphatic rings. The Labute approximate surface area is 120 Å². The molecule has 0 aliphatic heterocycles. The number of rotatable bonds is 4. The zero-order valence-electron chi connectivity index (χ0n) is 11.3. The van der Waals surface area contributed by atoms with Gasteiger partial charge >= 0.3 is 6.01 Å². The Hall–Kier alpha value is -2.15. The molecule has 0 saturated carbocycles. The lowest BCUT2D eigenvalue weighted by Crippen LogP contribution is -2.14. The number of ether oxygens (including phenoxy) is 1.